The van der Waals surface area contributed by atoms with E-state index in [1.165, 1.54) is 18.2 Å². The van der Waals surface area contributed by atoms with E-state index in [-0.39, 0.29) is 18.1 Å². The molecule has 9 heteroatoms. The Bertz CT molecular complexity index is 966. The highest BCUT2D eigenvalue weighted by Gasteiger charge is 2.35. The highest BCUT2D eigenvalue weighted by atomic mass is 35.5. The summed E-state index contributed by atoms with van der Waals surface area (Å²) in [6, 6.07) is 10.8. The minimum atomic E-state index is -3.60. The van der Waals surface area contributed by atoms with E-state index in [9.17, 15) is 17.6 Å². The van der Waals surface area contributed by atoms with Gasteiger partial charge in [-0.3, -0.25) is 9.10 Å². The number of halogens is 2. The third-order valence-corrected chi connectivity index (χ3v) is 5.72. The van der Waals surface area contributed by atoms with Gasteiger partial charge >= 0.3 is 0 Å². The lowest BCUT2D eigenvalue weighted by molar-refractivity contribution is -0.127. The van der Waals surface area contributed by atoms with Crippen LogP contribution in [0.1, 0.15) is 12.0 Å². The van der Waals surface area contributed by atoms with Crippen molar-refractivity contribution in [3.05, 3.63) is 58.9 Å². The van der Waals surface area contributed by atoms with Crippen molar-refractivity contribution in [1.29, 1.82) is 0 Å². The Hall–Kier alpha value is -2.32. The molecule has 0 saturated heterocycles. The van der Waals surface area contributed by atoms with Crippen molar-refractivity contribution in [2.24, 2.45) is 0 Å². The van der Waals surface area contributed by atoms with Crippen molar-refractivity contribution >= 4 is 33.2 Å². The summed E-state index contributed by atoms with van der Waals surface area (Å²) in [6.45, 7) is 0.262. The van der Waals surface area contributed by atoms with Crippen LogP contribution in [0.15, 0.2) is 42.5 Å². The molecule has 2 aromatic carbocycles. The first kappa shape index (κ1) is 20.4. The van der Waals surface area contributed by atoms with Gasteiger partial charge < -0.3 is 10.1 Å². The molecular weight excluding hydrogens is 407 g/mol. The van der Waals surface area contributed by atoms with E-state index in [0.717, 1.165) is 16.1 Å². The average molecular weight is 427 g/mol. The van der Waals surface area contributed by atoms with Crippen LogP contribution in [0.2, 0.25) is 5.02 Å². The third kappa shape index (κ3) is 4.94. The smallest absolute Gasteiger partial charge is 0.263 e. The number of carbonyl (C=O) groups is 1. The Balaban J connectivity index is 1.61. The molecule has 2 aromatic rings. The number of sulfonamides is 1. The number of amides is 1. The summed E-state index contributed by atoms with van der Waals surface area (Å²) in [7, 11) is -3.60. The molecule has 6 nitrogen and oxygen atoms in total. The van der Waals surface area contributed by atoms with E-state index >= 15 is 0 Å². The predicted molar refractivity (Wildman–Crippen MR) is 106 cm³/mol. The van der Waals surface area contributed by atoms with Gasteiger partial charge in [0.25, 0.3) is 5.91 Å². The first-order valence-corrected chi connectivity index (χ1v) is 10.9. The van der Waals surface area contributed by atoms with E-state index in [1.807, 2.05) is 0 Å². The highest BCUT2D eigenvalue weighted by molar-refractivity contribution is 7.92. The summed E-state index contributed by atoms with van der Waals surface area (Å²) in [5.41, 5.74) is 1.29. The summed E-state index contributed by atoms with van der Waals surface area (Å²) in [5, 5.41) is 3.14. The lowest BCUT2D eigenvalue weighted by Crippen LogP contribution is -2.50. The van der Waals surface area contributed by atoms with Crippen molar-refractivity contribution in [1.82, 2.24) is 5.32 Å². The van der Waals surface area contributed by atoms with Gasteiger partial charge in [-0.2, -0.15) is 0 Å². The molecule has 1 aliphatic heterocycles. The Morgan fingerprint density at radius 1 is 1.29 bits per heavy atom. The molecule has 0 spiro atoms. The minimum absolute atomic E-state index is 0.129. The normalized spacial score (nSPS) is 16.2. The zero-order valence-corrected chi connectivity index (χ0v) is 16.8. The fourth-order valence-corrected chi connectivity index (χ4v) is 4.02. The van der Waals surface area contributed by atoms with Crippen LogP contribution in [0.5, 0.6) is 5.75 Å². The second kappa shape index (κ2) is 8.36. The topological polar surface area (TPSA) is 75.7 Å². The number of ether oxygens (including phenoxy) is 1. The first-order valence-electron chi connectivity index (χ1n) is 8.70. The summed E-state index contributed by atoms with van der Waals surface area (Å²) in [6.07, 6.45) is 1.45. The Morgan fingerprint density at radius 3 is 2.68 bits per heavy atom. The molecular formula is C19H20ClFN2O4S. The van der Waals surface area contributed by atoms with Gasteiger partial charge in [-0.1, -0.05) is 23.7 Å². The third-order valence-electron chi connectivity index (χ3n) is 4.34. The van der Waals surface area contributed by atoms with Gasteiger partial charge in [0.15, 0.2) is 6.10 Å². The number of aryl methyl sites for hydroxylation is 1. The van der Waals surface area contributed by atoms with Crippen LogP contribution in [0, 0.1) is 5.82 Å². The number of anilines is 1. The maximum absolute atomic E-state index is 12.9. The molecule has 0 bridgehead atoms. The molecule has 150 valence electrons. The van der Waals surface area contributed by atoms with Gasteiger partial charge in [0.05, 0.1) is 18.5 Å². The number of nitrogens with one attached hydrogen (secondary N) is 1. The summed E-state index contributed by atoms with van der Waals surface area (Å²) in [4.78, 5) is 12.5. The second-order valence-corrected chi connectivity index (χ2v) is 8.88. The Morgan fingerprint density at radius 2 is 2.00 bits per heavy atom. The van der Waals surface area contributed by atoms with Crippen molar-refractivity contribution in [2.45, 2.75) is 18.9 Å². The lowest BCUT2D eigenvalue weighted by Gasteiger charge is -2.34. The van der Waals surface area contributed by atoms with Gasteiger partial charge in [-0.25, -0.2) is 12.8 Å². The number of nitrogens with zero attached hydrogens (tertiary/aromatic N) is 1. The molecule has 1 atom stereocenters. The van der Waals surface area contributed by atoms with Crippen LogP contribution in [0.3, 0.4) is 0 Å². The number of hydrogen-bond donors (Lipinski definition) is 1. The summed E-state index contributed by atoms with van der Waals surface area (Å²) < 4.78 is 44.0. The summed E-state index contributed by atoms with van der Waals surface area (Å²) >= 11 is 5.96. The Labute approximate surface area is 168 Å². The van der Waals surface area contributed by atoms with Gasteiger partial charge in [0.1, 0.15) is 11.6 Å². The number of hydrogen-bond acceptors (Lipinski definition) is 4. The molecule has 28 heavy (non-hydrogen) atoms. The van der Waals surface area contributed by atoms with E-state index in [2.05, 4.69) is 5.32 Å². The number of fused-ring (bicyclic) bond motifs is 1. The van der Waals surface area contributed by atoms with Crippen LogP contribution < -0.4 is 14.4 Å². The van der Waals surface area contributed by atoms with Gasteiger partial charge in [0, 0.05) is 11.6 Å². The van der Waals surface area contributed by atoms with Crippen LogP contribution in [-0.4, -0.2) is 39.8 Å². The largest absolute Gasteiger partial charge is 0.476 e. The minimum Gasteiger partial charge on any atom is -0.476 e. The SMILES string of the molecule is CS(=O)(=O)N1C[C@H](C(=O)NCCCc2ccc(F)cc2)Oc2ccc(Cl)cc21. The number of benzene rings is 2. The van der Waals surface area contributed by atoms with Crippen molar-refractivity contribution < 1.29 is 22.3 Å². The molecule has 1 N–H and O–H groups in total. The molecule has 1 aliphatic rings. The second-order valence-electron chi connectivity index (χ2n) is 6.53. The predicted octanol–water partition coefficient (Wildman–Crippen LogP) is 2.76. The lowest BCUT2D eigenvalue weighted by atomic mass is 10.1. The molecule has 0 saturated carbocycles. The van der Waals surface area contributed by atoms with E-state index in [0.29, 0.717) is 30.1 Å². The van der Waals surface area contributed by atoms with Gasteiger partial charge in [-0.15, -0.1) is 0 Å². The van der Waals surface area contributed by atoms with Crippen LogP contribution >= 0.6 is 11.6 Å². The molecule has 0 unspecified atom stereocenters. The zero-order chi connectivity index (χ0) is 20.3. The summed E-state index contributed by atoms with van der Waals surface area (Å²) in [5.74, 6) is -0.399. The van der Waals surface area contributed by atoms with Crippen molar-refractivity contribution in [3.8, 4) is 5.75 Å². The standard InChI is InChI=1S/C19H20ClFN2O4S/c1-28(25,26)23-12-18(27-17-9-6-14(20)11-16(17)23)19(24)22-10-2-3-13-4-7-15(21)8-5-13/h4-9,11,18H,2-3,10,12H2,1H3,(H,22,24)/t18-/m1/s1. The van der Waals surface area contributed by atoms with Gasteiger partial charge in [-0.05, 0) is 48.7 Å². The van der Waals surface area contributed by atoms with E-state index in [4.69, 9.17) is 16.3 Å². The molecule has 0 fully saturated rings. The first-order chi connectivity index (χ1) is 13.2. The van der Waals surface area contributed by atoms with Crippen molar-refractivity contribution in [3.63, 3.8) is 0 Å². The molecule has 1 amide bonds. The average Bonchev–Trinajstić information content (AvgIpc) is 2.64. The maximum atomic E-state index is 12.9. The number of carbonyl (C=O) groups excluding carboxylic acids is 1. The molecule has 3 rings (SSSR count). The molecule has 0 aliphatic carbocycles. The fraction of sp³-hybridized carbons (Fsp3) is 0.316. The van der Waals surface area contributed by atoms with Crippen LogP contribution in [-0.2, 0) is 21.2 Å². The van der Waals surface area contributed by atoms with Gasteiger partial charge in [0.2, 0.25) is 10.0 Å². The molecule has 1 heterocycles. The fourth-order valence-electron chi connectivity index (χ4n) is 2.94. The quantitative estimate of drug-likeness (QED) is 0.721. The van der Waals surface area contributed by atoms with Crippen molar-refractivity contribution in [2.75, 3.05) is 23.7 Å². The zero-order valence-electron chi connectivity index (χ0n) is 15.2. The van der Waals surface area contributed by atoms with Crippen LogP contribution in [0.25, 0.3) is 0 Å². The number of rotatable bonds is 6. The molecule has 0 aromatic heterocycles. The Kier molecular flexibility index (Phi) is 6.10. The highest BCUT2D eigenvalue weighted by Crippen LogP contribution is 2.37. The van der Waals surface area contributed by atoms with Crippen LogP contribution in [0.4, 0.5) is 10.1 Å². The van der Waals surface area contributed by atoms with E-state index < -0.39 is 22.0 Å². The monoisotopic (exact) mass is 426 g/mol. The van der Waals surface area contributed by atoms with E-state index in [1.54, 1.807) is 24.3 Å². The molecule has 0 radical (unpaired) electrons. The maximum Gasteiger partial charge on any atom is 0.263 e.